The van der Waals surface area contributed by atoms with Gasteiger partial charge in [-0.1, -0.05) is 0 Å². The van der Waals surface area contributed by atoms with E-state index >= 15 is 0 Å². The third-order valence-corrected chi connectivity index (χ3v) is 5.84. The van der Waals surface area contributed by atoms with Gasteiger partial charge < -0.3 is 10.8 Å². The fourth-order valence-electron chi connectivity index (χ4n) is 2.82. The van der Waals surface area contributed by atoms with Gasteiger partial charge in [-0.3, -0.25) is 0 Å². The van der Waals surface area contributed by atoms with Gasteiger partial charge in [0.1, 0.15) is 0 Å². The van der Waals surface area contributed by atoms with E-state index in [1.807, 2.05) is 0 Å². The van der Waals surface area contributed by atoms with Crippen LogP contribution in [0.25, 0.3) is 0 Å². The minimum absolute atomic E-state index is 0.133. The lowest BCUT2D eigenvalue weighted by Gasteiger charge is -2.24. The zero-order valence-corrected chi connectivity index (χ0v) is 12.1. The lowest BCUT2D eigenvalue weighted by atomic mass is 10.1. The fourth-order valence-corrected chi connectivity index (χ4v) is 4.92. The molecule has 19 heavy (non-hydrogen) atoms. The summed E-state index contributed by atoms with van der Waals surface area (Å²) >= 11 is 0. The molecule has 0 unspecified atom stereocenters. The molecule has 0 saturated carbocycles. The summed E-state index contributed by atoms with van der Waals surface area (Å²) in [5.41, 5.74) is 7.60. The van der Waals surface area contributed by atoms with Gasteiger partial charge >= 0.3 is 0 Å². The van der Waals surface area contributed by atoms with E-state index in [1.165, 1.54) is 4.31 Å². The second kappa shape index (κ2) is 5.11. The number of nitrogens with two attached hydrogens (primary N) is 1. The number of sulfonamides is 1. The van der Waals surface area contributed by atoms with Crippen LogP contribution < -0.4 is 5.73 Å². The number of rotatable bonds is 3. The van der Waals surface area contributed by atoms with Crippen molar-refractivity contribution < 1.29 is 13.5 Å². The molecule has 0 aromatic heterocycles. The molecule has 106 valence electrons. The number of aryl methyl sites for hydroxylation is 2. The molecule has 1 atom stereocenters. The van der Waals surface area contributed by atoms with Crippen molar-refractivity contribution in [2.45, 2.75) is 37.6 Å². The van der Waals surface area contributed by atoms with Crippen LogP contribution >= 0.6 is 0 Å². The predicted molar refractivity (Wildman–Crippen MR) is 74.3 cm³/mol. The standard InChI is InChI=1S/C13H20N2O3S/c1-9-6-11(14)7-10(2)13(9)19(17,18)15-5-3-4-12(15)8-16/h6-7,12,16H,3-5,8,14H2,1-2H3/t12-/m0/s1. The van der Waals surface area contributed by atoms with E-state index in [9.17, 15) is 13.5 Å². The van der Waals surface area contributed by atoms with Gasteiger partial charge in [0.25, 0.3) is 0 Å². The molecule has 0 spiro atoms. The Morgan fingerprint density at radius 1 is 1.37 bits per heavy atom. The molecule has 1 saturated heterocycles. The highest BCUT2D eigenvalue weighted by Crippen LogP contribution is 2.30. The van der Waals surface area contributed by atoms with Gasteiger partial charge in [-0.05, 0) is 49.9 Å². The average Bonchev–Trinajstić information content (AvgIpc) is 2.75. The molecular formula is C13H20N2O3S. The first-order valence-electron chi connectivity index (χ1n) is 6.37. The van der Waals surface area contributed by atoms with Crippen LogP contribution in [0.1, 0.15) is 24.0 Å². The normalized spacial score (nSPS) is 20.9. The van der Waals surface area contributed by atoms with Crippen LogP contribution in [0.3, 0.4) is 0 Å². The molecule has 2 rings (SSSR count). The Morgan fingerprint density at radius 2 is 1.95 bits per heavy atom. The molecule has 3 N–H and O–H groups in total. The number of nitrogen functional groups attached to an aromatic ring is 1. The highest BCUT2D eigenvalue weighted by molar-refractivity contribution is 7.89. The highest BCUT2D eigenvalue weighted by Gasteiger charge is 2.36. The Morgan fingerprint density at radius 3 is 2.47 bits per heavy atom. The molecule has 0 aliphatic carbocycles. The summed E-state index contributed by atoms with van der Waals surface area (Å²) in [6, 6.07) is 3.04. The molecule has 1 aliphatic rings. The third kappa shape index (κ3) is 2.48. The molecule has 1 aliphatic heterocycles. The van der Waals surface area contributed by atoms with E-state index < -0.39 is 10.0 Å². The van der Waals surface area contributed by atoms with Gasteiger partial charge in [0, 0.05) is 18.3 Å². The van der Waals surface area contributed by atoms with Gasteiger partial charge in [0.05, 0.1) is 11.5 Å². The number of anilines is 1. The Hall–Kier alpha value is -1.11. The number of nitrogens with zero attached hydrogens (tertiary/aromatic N) is 1. The second-order valence-electron chi connectivity index (χ2n) is 5.08. The quantitative estimate of drug-likeness (QED) is 0.812. The summed E-state index contributed by atoms with van der Waals surface area (Å²) < 4.78 is 26.9. The van der Waals surface area contributed by atoms with E-state index in [-0.39, 0.29) is 12.6 Å². The van der Waals surface area contributed by atoms with Gasteiger partial charge in [-0.2, -0.15) is 4.31 Å². The Labute approximate surface area is 114 Å². The number of aliphatic hydroxyl groups excluding tert-OH is 1. The van der Waals surface area contributed by atoms with Crippen molar-refractivity contribution in [1.82, 2.24) is 4.31 Å². The number of hydrogen-bond donors (Lipinski definition) is 2. The van der Waals surface area contributed by atoms with Crippen molar-refractivity contribution in [3.63, 3.8) is 0 Å². The Balaban J connectivity index is 2.51. The fraction of sp³-hybridized carbons (Fsp3) is 0.538. The first-order chi connectivity index (χ1) is 8.87. The topological polar surface area (TPSA) is 83.6 Å². The summed E-state index contributed by atoms with van der Waals surface area (Å²) in [6.45, 7) is 3.84. The van der Waals surface area contributed by atoms with E-state index in [4.69, 9.17) is 5.73 Å². The zero-order chi connectivity index (χ0) is 14.2. The number of hydrogen-bond acceptors (Lipinski definition) is 4. The van der Waals surface area contributed by atoms with Crippen molar-refractivity contribution in [3.8, 4) is 0 Å². The monoisotopic (exact) mass is 284 g/mol. The van der Waals surface area contributed by atoms with Crippen LogP contribution in [0.2, 0.25) is 0 Å². The predicted octanol–water partition coefficient (Wildman–Crippen LogP) is 1.03. The maximum absolute atomic E-state index is 12.7. The first kappa shape index (κ1) is 14.3. The molecular weight excluding hydrogens is 264 g/mol. The van der Waals surface area contributed by atoms with Crippen molar-refractivity contribution in [3.05, 3.63) is 23.3 Å². The zero-order valence-electron chi connectivity index (χ0n) is 11.3. The first-order valence-corrected chi connectivity index (χ1v) is 7.81. The average molecular weight is 284 g/mol. The van der Waals surface area contributed by atoms with Crippen LogP contribution in [0.5, 0.6) is 0 Å². The molecule has 1 heterocycles. The molecule has 6 heteroatoms. The lowest BCUT2D eigenvalue weighted by Crippen LogP contribution is -2.38. The maximum Gasteiger partial charge on any atom is 0.243 e. The van der Waals surface area contributed by atoms with E-state index in [0.29, 0.717) is 34.7 Å². The van der Waals surface area contributed by atoms with Crippen LogP contribution in [0, 0.1) is 13.8 Å². The molecule has 0 amide bonds. The van der Waals surface area contributed by atoms with E-state index in [1.54, 1.807) is 26.0 Å². The second-order valence-corrected chi connectivity index (χ2v) is 6.91. The van der Waals surface area contributed by atoms with E-state index in [0.717, 1.165) is 6.42 Å². The summed E-state index contributed by atoms with van der Waals surface area (Å²) in [7, 11) is -3.56. The molecule has 0 bridgehead atoms. The van der Waals surface area contributed by atoms with Gasteiger partial charge in [-0.25, -0.2) is 8.42 Å². The SMILES string of the molecule is Cc1cc(N)cc(C)c1S(=O)(=O)N1CCC[C@H]1CO. The summed E-state index contributed by atoms with van der Waals surface area (Å²) in [4.78, 5) is 0.321. The van der Waals surface area contributed by atoms with Crippen molar-refractivity contribution >= 4 is 15.7 Å². The maximum atomic E-state index is 12.7. The van der Waals surface area contributed by atoms with Crippen LogP contribution in [-0.4, -0.2) is 37.0 Å². The summed E-state index contributed by atoms with van der Waals surface area (Å²) in [5.74, 6) is 0. The van der Waals surface area contributed by atoms with Crippen molar-refractivity contribution in [2.75, 3.05) is 18.9 Å². The van der Waals surface area contributed by atoms with E-state index in [2.05, 4.69) is 0 Å². The van der Waals surface area contributed by atoms with Gasteiger partial charge in [-0.15, -0.1) is 0 Å². The highest BCUT2D eigenvalue weighted by atomic mass is 32.2. The Kier molecular flexibility index (Phi) is 3.85. The molecule has 1 fully saturated rings. The number of benzene rings is 1. The van der Waals surface area contributed by atoms with Crippen LogP contribution in [-0.2, 0) is 10.0 Å². The smallest absolute Gasteiger partial charge is 0.243 e. The number of aliphatic hydroxyl groups is 1. The summed E-state index contributed by atoms with van der Waals surface area (Å²) in [5, 5.41) is 9.30. The van der Waals surface area contributed by atoms with Crippen molar-refractivity contribution in [2.24, 2.45) is 0 Å². The lowest BCUT2D eigenvalue weighted by molar-refractivity contribution is 0.213. The molecule has 1 aromatic carbocycles. The summed E-state index contributed by atoms with van der Waals surface area (Å²) in [6.07, 6.45) is 1.50. The third-order valence-electron chi connectivity index (χ3n) is 3.58. The van der Waals surface area contributed by atoms with Gasteiger partial charge in [0.2, 0.25) is 10.0 Å². The minimum Gasteiger partial charge on any atom is -0.399 e. The minimum atomic E-state index is -3.56. The molecule has 5 nitrogen and oxygen atoms in total. The van der Waals surface area contributed by atoms with Crippen molar-refractivity contribution in [1.29, 1.82) is 0 Å². The Bertz CT molecular complexity index is 561. The van der Waals surface area contributed by atoms with Gasteiger partial charge in [0.15, 0.2) is 0 Å². The molecule has 0 radical (unpaired) electrons. The van der Waals surface area contributed by atoms with Crippen LogP contribution in [0.15, 0.2) is 17.0 Å². The van der Waals surface area contributed by atoms with Crippen LogP contribution in [0.4, 0.5) is 5.69 Å². The molecule has 1 aromatic rings. The largest absolute Gasteiger partial charge is 0.399 e.